The molecule has 4 nitrogen and oxygen atoms in total. The second-order valence-corrected chi connectivity index (χ2v) is 8.62. The monoisotopic (exact) mass is 436 g/mol. The highest BCUT2D eigenvalue weighted by atomic mass is 16.5. The van der Waals surface area contributed by atoms with E-state index in [4.69, 9.17) is 20.2 Å². The normalized spacial score (nSPS) is 23.6. The van der Waals surface area contributed by atoms with Crippen molar-refractivity contribution >= 4 is 11.4 Å². The van der Waals surface area contributed by atoms with Crippen molar-refractivity contribution in [1.82, 2.24) is 0 Å². The van der Waals surface area contributed by atoms with Crippen molar-refractivity contribution in [2.45, 2.75) is 24.5 Å². The summed E-state index contributed by atoms with van der Waals surface area (Å²) in [5.74, 6) is 1.37. The lowest BCUT2D eigenvalue weighted by Crippen LogP contribution is -2.51. The van der Waals surface area contributed by atoms with E-state index in [1.54, 1.807) is 14.2 Å². The van der Waals surface area contributed by atoms with Crippen molar-refractivity contribution in [3.63, 3.8) is 0 Å². The number of amidine groups is 1. The van der Waals surface area contributed by atoms with Crippen LogP contribution in [0.15, 0.2) is 96.0 Å². The van der Waals surface area contributed by atoms with Crippen LogP contribution in [0.3, 0.4) is 0 Å². The van der Waals surface area contributed by atoms with Crippen molar-refractivity contribution < 1.29 is 9.47 Å². The van der Waals surface area contributed by atoms with E-state index in [0.717, 1.165) is 28.0 Å². The number of methoxy groups -OCH3 is 2. The SMILES string of the molecule is COc1ccc(C2(C3(OC)C=CC=C(c4ccccc4)C3)N=C(N)c3ccccc32)cc1C. The number of ether oxygens (including phenoxy) is 2. The van der Waals surface area contributed by atoms with Crippen LogP contribution < -0.4 is 10.5 Å². The molecule has 1 aliphatic carbocycles. The second kappa shape index (κ2) is 8.05. The Morgan fingerprint density at radius 1 is 0.939 bits per heavy atom. The van der Waals surface area contributed by atoms with Crippen LogP contribution in [-0.2, 0) is 10.3 Å². The molecule has 0 amide bonds. The zero-order valence-corrected chi connectivity index (χ0v) is 19.2. The number of aliphatic imine (C=N–C) groups is 1. The third kappa shape index (κ3) is 3.13. The zero-order chi connectivity index (χ0) is 23.1. The molecule has 3 aromatic carbocycles. The summed E-state index contributed by atoms with van der Waals surface area (Å²) in [7, 11) is 3.46. The highest BCUT2D eigenvalue weighted by Crippen LogP contribution is 2.54. The average molecular weight is 437 g/mol. The predicted octanol–water partition coefficient (Wildman–Crippen LogP) is 5.39. The Morgan fingerprint density at radius 2 is 1.70 bits per heavy atom. The molecule has 0 saturated carbocycles. The number of rotatable bonds is 5. The average Bonchev–Trinajstić information content (AvgIpc) is 3.18. The standard InChI is InChI=1S/C29H28N2O2/c1-20-18-23(15-16-26(20)32-2)29(25-14-8-7-13-24(25)27(30)31-29)28(33-3)17-9-12-22(19-28)21-10-5-4-6-11-21/h4-18H,19H2,1-3H3,(H2,30,31). The molecule has 166 valence electrons. The number of nitrogens with zero attached hydrogens (tertiary/aromatic N) is 1. The van der Waals surface area contributed by atoms with Crippen molar-refractivity contribution in [2.24, 2.45) is 10.7 Å². The molecule has 0 aromatic heterocycles. The molecule has 2 atom stereocenters. The quantitative estimate of drug-likeness (QED) is 0.583. The van der Waals surface area contributed by atoms with E-state index >= 15 is 0 Å². The molecule has 2 aliphatic rings. The van der Waals surface area contributed by atoms with E-state index in [0.29, 0.717) is 12.3 Å². The highest BCUT2D eigenvalue weighted by Gasteiger charge is 2.57. The first-order valence-electron chi connectivity index (χ1n) is 11.1. The smallest absolute Gasteiger partial charge is 0.146 e. The van der Waals surface area contributed by atoms with Crippen LogP contribution in [0.25, 0.3) is 5.57 Å². The minimum atomic E-state index is -0.843. The molecule has 33 heavy (non-hydrogen) atoms. The van der Waals surface area contributed by atoms with Crippen LogP contribution in [0.4, 0.5) is 0 Å². The molecule has 2 unspecified atom stereocenters. The van der Waals surface area contributed by atoms with Gasteiger partial charge in [-0.15, -0.1) is 0 Å². The molecule has 0 bridgehead atoms. The summed E-state index contributed by atoms with van der Waals surface area (Å²) >= 11 is 0. The highest BCUT2D eigenvalue weighted by molar-refractivity contribution is 6.03. The van der Waals surface area contributed by atoms with Gasteiger partial charge in [0, 0.05) is 19.1 Å². The van der Waals surface area contributed by atoms with Crippen molar-refractivity contribution in [1.29, 1.82) is 0 Å². The van der Waals surface area contributed by atoms with Gasteiger partial charge in [0.05, 0.1) is 7.11 Å². The maximum absolute atomic E-state index is 6.55. The van der Waals surface area contributed by atoms with Crippen LogP contribution in [0, 0.1) is 6.92 Å². The maximum Gasteiger partial charge on any atom is 0.146 e. The number of hydrogen-bond donors (Lipinski definition) is 1. The van der Waals surface area contributed by atoms with Gasteiger partial charge >= 0.3 is 0 Å². The zero-order valence-electron chi connectivity index (χ0n) is 19.2. The molecule has 5 rings (SSSR count). The van der Waals surface area contributed by atoms with E-state index in [1.807, 2.05) is 30.3 Å². The van der Waals surface area contributed by atoms with E-state index in [2.05, 4.69) is 67.6 Å². The minimum Gasteiger partial charge on any atom is -0.496 e. The first-order chi connectivity index (χ1) is 16.0. The summed E-state index contributed by atoms with van der Waals surface area (Å²) in [6.07, 6.45) is 7.03. The molecule has 0 spiro atoms. The van der Waals surface area contributed by atoms with E-state index in [9.17, 15) is 0 Å². The first kappa shape index (κ1) is 21.2. The summed E-state index contributed by atoms with van der Waals surface area (Å²) < 4.78 is 12.0. The van der Waals surface area contributed by atoms with Gasteiger partial charge < -0.3 is 15.2 Å². The molecule has 0 fully saturated rings. The van der Waals surface area contributed by atoms with Crippen LogP contribution in [0.1, 0.15) is 34.2 Å². The number of fused-ring (bicyclic) bond motifs is 1. The van der Waals surface area contributed by atoms with Gasteiger partial charge in [0.25, 0.3) is 0 Å². The van der Waals surface area contributed by atoms with Crippen molar-refractivity contribution in [3.8, 4) is 5.75 Å². The number of aryl methyl sites for hydroxylation is 1. The van der Waals surface area contributed by atoms with Crippen molar-refractivity contribution in [2.75, 3.05) is 14.2 Å². The summed E-state index contributed by atoms with van der Waals surface area (Å²) in [4.78, 5) is 5.20. The van der Waals surface area contributed by atoms with Gasteiger partial charge in [0.1, 0.15) is 22.7 Å². The number of benzene rings is 3. The molecule has 2 N–H and O–H groups in total. The first-order valence-corrected chi connectivity index (χ1v) is 11.1. The summed E-state index contributed by atoms with van der Waals surface area (Å²) in [6, 6.07) is 24.9. The fourth-order valence-corrected chi connectivity index (χ4v) is 5.32. The van der Waals surface area contributed by atoms with Crippen LogP contribution >= 0.6 is 0 Å². The number of allylic oxidation sites excluding steroid dienone is 2. The number of nitrogens with two attached hydrogens (primary N) is 1. The summed E-state index contributed by atoms with van der Waals surface area (Å²) in [5, 5.41) is 0. The van der Waals surface area contributed by atoms with Gasteiger partial charge in [0.2, 0.25) is 0 Å². The van der Waals surface area contributed by atoms with E-state index < -0.39 is 11.1 Å². The van der Waals surface area contributed by atoms with Gasteiger partial charge in [-0.3, -0.25) is 0 Å². The third-order valence-electron chi connectivity index (χ3n) is 6.93. The Labute approximate surface area is 195 Å². The molecular formula is C29H28N2O2. The Balaban J connectivity index is 1.76. The van der Waals surface area contributed by atoms with Crippen LogP contribution in [-0.4, -0.2) is 25.7 Å². The Morgan fingerprint density at radius 3 is 2.42 bits per heavy atom. The molecule has 0 saturated heterocycles. The van der Waals surface area contributed by atoms with Crippen molar-refractivity contribution in [3.05, 3.63) is 119 Å². The van der Waals surface area contributed by atoms with Gasteiger partial charge in [-0.2, -0.15) is 0 Å². The lowest BCUT2D eigenvalue weighted by atomic mass is 9.65. The third-order valence-corrected chi connectivity index (χ3v) is 6.93. The Hall–Kier alpha value is -3.63. The fourth-order valence-electron chi connectivity index (χ4n) is 5.32. The Bertz CT molecular complexity index is 1290. The lowest BCUT2D eigenvalue weighted by molar-refractivity contribution is -0.0152. The summed E-state index contributed by atoms with van der Waals surface area (Å²) in [5.41, 5.74) is 11.4. The van der Waals surface area contributed by atoms with E-state index in [1.165, 1.54) is 11.1 Å². The predicted molar refractivity (Wildman–Crippen MR) is 134 cm³/mol. The van der Waals surface area contributed by atoms with Gasteiger partial charge in [-0.05, 0) is 53.0 Å². The van der Waals surface area contributed by atoms with Crippen LogP contribution in [0.5, 0.6) is 5.75 Å². The second-order valence-electron chi connectivity index (χ2n) is 8.62. The lowest BCUT2D eigenvalue weighted by Gasteiger charge is -2.46. The van der Waals surface area contributed by atoms with Crippen LogP contribution in [0.2, 0.25) is 0 Å². The molecule has 3 aromatic rings. The number of hydrogen-bond acceptors (Lipinski definition) is 4. The fraction of sp³-hybridized carbons (Fsp3) is 0.207. The minimum absolute atomic E-state index is 0.528. The summed E-state index contributed by atoms with van der Waals surface area (Å²) in [6.45, 7) is 2.05. The Kier molecular flexibility index (Phi) is 5.18. The molecular weight excluding hydrogens is 408 g/mol. The molecule has 1 aliphatic heterocycles. The molecule has 4 heteroatoms. The molecule has 1 heterocycles. The van der Waals surface area contributed by atoms with E-state index in [-0.39, 0.29) is 0 Å². The topological polar surface area (TPSA) is 56.8 Å². The largest absolute Gasteiger partial charge is 0.496 e. The van der Waals surface area contributed by atoms with Gasteiger partial charge in [-0.25, -0.2) is 4.99 Å². The van der Waals surface area contributed by atoms with Gasteiger partial charge in [-0.1, -0.05) is 72.8 Å². The van der Waals surface area contributed by atoms with Gasteiger partial charge in [0.15, 0.2) is 0 Å². The molecule has 0 radical (unpaired) electrons. The maximum atomic E-state index is 6.55.